The summed E-state index contributed by atoms with van der Waals surface area (Å²) in [6, 6.07) is 10.7. The van der Waals surface area contributed by atoms with Crippen LogP contribution in [0.25, 0.3) is 0 Å². The van der Waals surface area contributed by atoms with Crippen molar-refractivity contribution >= 4 is 44.8 Å². The molecule has 9 heteroatoms. The van der Waals surface area contributed by atoms with Gasteiger partial charge >= 0.3 is 0 Å². The van der Waals surface area contributed by atoms with Crippen LogP contribution < -0.4 is 14.4 Å². The molecule has 0 heterocycles. The number of nitrogens with zero attached hydrogens (tertiary/aromatic N) is 1. The predicted molar refractivity (Wildman–Crippen MR) is 113 cm³/mol. The maximum atomic E-state index is 12.7. The van der Waals surface area contributed by atoms with E-state index in [-0.39, 0.29) is 17.3 Å². The fraction of sp³-hybridized carbons (Fsp3) is 0.316. The molecule has 0 aliphatic rings. The highest BCUT2D eigenvalue weighted by atomic mass is 35.5. The topological polar surface area (TPSA) is 75.7 Å². The molecule has 2 aromatic rings. The summed E-state index contributed by atoms with van der Waals surface area (Å²) in [4.78, 5) is 12.7. The van der Waals surface area contributed by atoms with E-state index in [9.17, 15) is 13.2 Å². The molecule has 1 N–H and O–H groups in total. The Morgan fingerprint density at radius 2 is 1.89 bits per heavy atom. The highest BCUT2D eigenvalue weighted by Crippen LogP contribution is 2.32. The Bertz CT molecular complexity index is 951. The number of rotatable bonds is 8. The fourth-order valence-corrected chi connectivity index (χ4v) is 4.32. The molecule has 0 aromatic heterocycles. The highest BCUT2D eigenvalue weighted by molar-refractivity contribution is 7.92. The average molecular weight is 445 g/mol. The number of nitrogens with one attached hydrogen (secondary N) is 1. The number of ether oxygens (including phenoxy) is 1. The summed E-state index contributed by atoms with van der Waals surface area (Å²) >= 11 is 12.2. The van der Waals surface area contributed by atoms with Crippen LogP contribution in [0, 0.1) is 0 Å². The van der Waals surface area contributed by atoms with Gasteiger partial charge in [-0.25, -0.2) is 8.42 Å². The van der Waals surface area contributed by atoms with E-state index >= 15 is 0 Å². The largest absolute Gasteiger partial charge is 0.494 e. The molecule has 1 atom stereocenters. The van der Waals surface area contributed by atoms with Crippen LogP contribution in [0.4, 0.5) is 5.69 Å². The average Bonchev–Trinajstić information content (AvgIpc) is 2.63. The zero-order chi connectivity index (χ0) is 20.9. The number of amides is 1. The van der Waals surface area contributed by atoms with E-state index in [2.05, 4.69) is 5.32 Å². The Kier molecular flexibility index (Phi) is 7.57. The maximum Gasteiger partial charge on any atom is 0.243 e. The minimum Gasteiger partial charge on any atom is -0.494 e. The number of anilines is 1. The SMILES string of the molecule is CCOc1ccccc1CNC(=O)[C@@H](C)N(c1cc(Cl)ccc1Cl)S(C)(=O)=O. The van der Waals surface area contributed by atoms with Crippen LogP contribution in [0.2, 0.25) is 10.0 Å². The molecule has 0 aliphatic carbocycles. The first-order valence-corrected chi connectivity index (χ1v) is 11.2. The van der Waals surface area contributed by atoms with Crippen LogP contribution in [-0.2, 0) is 21.4 Å². The van der Waals surface area contributed by atoms with Crippen LogP contribution in [0.5, 0.6) is 5.75 Å². The number of benzene rings is 2. The third kappa shape index (κ3) is 5.53. The van der Waals surface area contributed by atoms with Crippen molar-refractivity contribution in [2.24, 2.45) is 0 Å². The minimum atomic E-state index is -3.80. The predicted octanol–water partition coefficient (Wildman–Crippen LogP) is 3.86. The highest BCUT2D eigenvalue weighted by Gasteiger charge is 2.30. The third-order valence-electron chi connectivity index (χ3n) is 3.96. The molecule has 152 valence electrons. The number of sulfonamides is 1. The first-order valence-electron chi connectivity index (χ1n) is 8.58. The van der Waals surface area contributed by atoms with Gasteiger partial charge in [0.05, 0.1) is 23.6 Å². The van der Waals surface area contributed by atoms with Gasteiger partial charge < -0.3 is 10.1 Å². The van der Waals surface area contributed by atoms with Crippen molar-refractivity contribution in [3.8, 4) is 5.75 Å². The lowest BCUT2D eigenvalue weighted by molar-refractivity contribution is -0.122. The molecule has 0 saturated carbocycles. The van der Waals surface area contributed by atoms with Crippen molar-refractivity contribution in [1.29, 1.82) is 0 Å². The summed E-state index contributed by atoms with van der Waals surface area (Å²) in [6.07, 6.45) is 1.01. The summed E-state index contributed by atoms with van der Waals surface area (Å²) in [5, 5.41) is 3.24. The Hall–Kier alpha value is -1.96. The Morgan fingerprint density at radius 3 is 2.54 bits per heavy atom. The van der Waals surface area contributed by atoms with E-state index in [0.717, 1.165) is 16.1 Å². The van der Waals surface area contributed by atoms with Crippen molar-refractivity contribution in [3.05, 3.63) is 58.1 Å². The van der Waals surface area contributed by atoms with Gasteiger partial charge in [-0.15, -0.1) is 0 Å². The molecular weight excluding hydrogens is 423 g/mol. The zero-order valence-electron chi connectivity index (χ0n) is 15.8. The smallest absolute Gasteiger partial charge is 0.243 e. The second-order valence-electron chi connectivity index (χ2n) is 6.09. The number of carbonyl (C=O) groups excluding carboxylic acids is 1. The van der Waals surface area contributed by atoms with E-state index in [1.807, 2.05) is 31.2 Å². The quantitative estimate of drug-likeness (QED) is 0.670. The van der Waals surface area contributed by atoms with Crippen molar-refractivity contribution in [3.63, 3.8) is 0 Å². The van der Waals surface area contributed by atoms with Gasteiger partial charge in [0, 0.05) is 17.1 Å². The monoisotopic (exact) mass is 444 g/mol. The van der Waals surface area contributed by atoms with E-state index in [1.165, 1.54) is 19.1 Å². The zero-order valence-corrected chi connectivity index (χ0v) is 18.1. The van der Waals surface area contributed by atoms with Crippen LogP contribution in [0.15, 0.2) is 42.5 Å². The van der Waals surface area contributed by atoms with Crippen LogP contribution in [0.1, 0.15) is 19.4 Å². The van der Waals surface area contributed by atoms with Crippen LogP contribution >= 0.6 is 23.2 Å². The molecule has 0 spiro atoms. The second kappa shape index (κ2) is 9.49. The number of carbonyl (C=O) groups is 1. The molecule has 6 nitrogen and oxygen atoms in total. The van der Waals surface area contributed by atoms with Crippen molar-refractivity contribution in [2.45, 2.75) is 26.4 Å². The summed E-state index contributed by atoms with van der Waals surface area (Å²) in [6.45, 7) is 4.05. The van der Waals surface area contributed by atoms with Gasteiger partial charge in [0.25, 0.3) is 0 Å². The molecule has 0 radical (unpaired) electrons. The lowest BCUT2D eigenvalue weighted by Gasteiger charge is -2.29. The fourth-order valence-electron chi connectivity index (χ4n) is 2.71. The van der Waals surface area contributed by atoms with E-state index in [4.69, 9.17) is 27.9 Å². The van der Waals surface area contributed by atoms with Gasteiger partial charge in [0.15, 0.2) is 0 Å². The molecule has 0 unspecified atom stereocenters. The van der Waals surface area contributed by atoms with Gasteiger partial charge in [-0.1, -0.05) is 41.4 Å². The van der Waals surface area contributed by atoms with E-state index < -0.39 is 22.0 Å². The van der Waals surface area contributed by atoms with Gasteiger partial charge in [-0.2, -0.15) is 0 Å². The third-order valence-corrected chi connectivity index (χ3v) is 5.74. The van der Waals surface area contributed by atoms with Crippen LogP contribution in [-0.4, -0.2) is 33.2 Å². The standard InChI is InChI=1S/C19H22Cl2N2O4S/c1-4-27-18-8-6-5-7-14(18)12-22-19(24)13(2)23(28(3,25)26)17-11-15(20)9-10-16(17)21/h5-11,13H,4,12H2,1-3H3,(H,22,24)/t13-/m1/s1. The lowest BCUT2D eigenvalue weighted by atomic mass is 10.2. The molecule has 0 bridgehead atoms. The number of para-hydroxylation sites is 1. The summed E-state index contributed by atoms with van der Waals surface area (Å²) < 4.78 is 31.3. The molecule has 2 rings (SSSR count). The van der Waals surface area contributed by atoms with Gasteiger partial charge in [-0.3, -0.25) is 9.10 Å². The molecular formula is C19H22Cl2N2O4S. The minimum absolute atomic E-state index is 0.147. The molecule has 28 heavy (non-hydrogen) atoms. The normalized spacial score (nSPS) is 12.3. The summed E-state index contributed by atoms with van der Waals surface area (Å²) in [5.41, 5.74) is 0.936. The molecule has 0 saturated heterocycles. The second-order valence-corrected chi connectivity index (χ2v) is 8.79. The number of hydrogen-bond donors (Lipinski definition) is 1. The van der Waals surface area contributed by atoms with Crippen molar-refractivity contribution in [1.82, 2.24) is 5.32 Å². The Balaban J connectivity index is 2.24. The van der Waals surface area contributed by atoms with Gasteiger partial charge in [-0.05, 0) is 38.1 Å². The number of halogens is 2. The first kappa shape index (κ1) is 22.3. The molecule has 0 aliphatic heterocycles. The van der Waals surface area contributed by atoms with Crippen molar-refractivity contribution < 1.29 is 17.9 Å². The van der Waals surface area contributed by atoms with E-state index in [1.54, 1.807) is 6.07 Å². The molecule has 2 aromatic carbocycles. The Morgan fingerprint density at radius 1 is 1.21 bits per heavy atom. The van der Waals surface area contributed by atoms with Crippen molar-refractivity contribution in [2.75, 3.05) is 17.2 Å². The summed E-state index contributed by atoms with van der Waals surface area (Å²) in [5.74, 6) is 0.184. The van der Waals surface area contributed by atoms with Crippen LogP contribution in [0.3, 0.4) is 0 Å². The summed E-state index contributed by atoms with van der Waals surface area (Å²) in [7, 11) is -3.80. The van der Waals surface area contributed by atoms with Gasteiger partial charge in [0.1, 0.15) is 11.8 Å². The Labute approximate surface area is 175 Å². The van der Waals surface area contributed by atoms with Gasteiger partial charge in [0.2, 0.25) is 15.9 Å². The lowest BCUT2D eigenvalue weighted by Crippen LogP contribution is -2.47. The maximum absolute atomic E-state index is 12.7. The first-order chi connectivity index (χ1) is 13.1. The number of hydrogen-bond acceptors (Lipinski definition) is 4. The molecule has 0 fully saturated rings. The van der Waals surface area contributed by atoms with E-state index in [0.29, 0.717) is 17.4 Å². The molecule has 1 amide bonds.